The van der Waals surface area contributed by atoms with Crippen LogP contribution in [0.25, 0.3) is 0 Å². The third-order valence-electron chi connectivity index (χ3n) is 2.13. The van der Waals surface area contributed by atoms with Crippen molar-refractivity contribution < 1.29 is 19.7 Å². The second-order valence-electron chi connectivity index (χ2n) is 5.15. The summed E-state index contributed by atoms with van der Waals surface area (Å²) in [6.45, 7) is 5.26. The van der Waals surface area contributed by atoms with Gasteiger partial charge in [0.2, 0.25) is 0 Å². The quantitative estimate of drug-likeness (QED) is 0.684. The topological polar surface area (TPSA) is 91.7 Å². The van der Waals surface area contributed by atoms with E-state index in [1.165, 1.54) is 6.20 Å². The van der Waals surface area contributed by atoms with Crippen molar-refractivity contribution in [3.63, 3.8) is 0 Å². The maximum Gasteiger partial charge on any atom is 0.340 e. The van der Waals surface area contributed by atoms with Crippen LogP contribution in [0.3, 0.4) is 0 Å². The van der Waals surface area contributed by atoms with Gasteiger partial charge in [0.05, 0.1) is 18.3 Å². The Morgan fingerprint density at radius 3 is 2.63 bits per heavy atom. The molecule has 1 atom stereocenters. The maximum absolute atomic E-state index is 11.7. The SMILES string of the molecule is CC(C)(C)OC(=O)c1ccc(NCC(O)CO)nc1. The summed E-state index contributed by atoms with van der Waals surface area (Å²) in [6.07, 6.45) is 0.564. The van der Waals surface area contributed by atoms with E-state index in [-0.39, 0.29) is 13.2 Å². The molecule has 0 spiro atoms. The van der Waals surface area contributed by atoms with Crippen molar-refractivity contribution in [1.29, 1.82) is 0 Å². The van der Waals surface area contributed by atoms with Crippen molar-refractivity contribution >= 4 is 11.8 Å². The van der Waals surface area contributed by atoms with E-state index >= 15 is 0 Å². The third kappa shape index (κ3) is 5.67. The summed E-state index contributed by atoms with van der Waals surface area (Å²) in [6, 6.07) is 3.21. The highest BCUT2D eigenvalue weighted by Crippen LogP contribution is 2.12. The van der Waals surface area contributed by atoms with Crippen LogP contribution in [-0.2, 0) is 4.74 Å². The Bertz CT molecular complexity index is 412. The number of carbonyl (C=O) groups is 1. The van der Waals surface area contributed by atoms with E-state index < -0.39 is 17.7 Å². The molecule has 0 aromatic carbocycles. The first-order valence-corrected chi connectivity index (χ1v) is 6.04. The molecule has 0 aliphatic heterocycles. The fourth-order valence-corrected chi connectivity index (χ4v) is 1.24. The first-order chi connectivity index (χ1) is 8.81. The number of carbonyl (C=O) groups excluding carboxylic acids is 1. The number of hydrogen-bond acceptors (Lipinski definition) is 6. The van der Waals surface area contributed by atoms with Crippen LogP contribution in [0.15, 0.2) is 18.3 Å². The van der Waals surface area contributed by atoms with E-state index in [9.17, 15) is 9.90 Å². The van der Waals surface area contributed by atoms with Gasteiger partial charge in [-0.25, -0.2) is 9.78 Å². The molecule has 1 aromatic rings. The first kappa shape index (κ1) is 15.4. The molecule has 0 bridgehead atoms. The molecule has 1 heterocycles. The molecule has 0 fully saturated rings. The summed E-state index contributed by atoms with van der Waals surface area (Å²) >= 11 is 0. The Balaban J connectivity index is 2.58. The predicted octanol–water partition coefficient (Wildman–Crippen LogP) is 0.802. The van der Waals surface area contributed by atoms with Gasteiger partial charge in [-0.15, -0.1) is 0 Å². The van der Waals surface area contributed by atoms with Gasteiger partial charge in [0.15, 0.2) is 0 Å². The van der Waals surface area contributed by atoms with Crippen LogP contribution >= 0.6 is 0 Å². The molecule has 1 unspecified atom stereocenters. The maximum atomic E-state index is 11.7. The van der Waals surface area contributed by atoms with Crippen molar-refractivity contribution in [1.82, 2.24) is 4.98 Å². The van der Waals surface area contributed by atoms with Gasteiger partial charge in [0, 0.05) is 12.7 Å². The lowest BCUT2D eigenvalue weighted by atomic mass is 10.2. The molecular weight excluding hydrogens is 248 g/mol. The van der Waals surface area contributed by atoms with Crippen LogP contribution in [0.2, 0.25) is 0 Å². The monoisotopic (exact) mass is 268 g/mol. The van der Waals surface area contributed by atoms with E-state index in [4.69, 9.17) is 9.84 Å². The highest BCUT2D eigenvalue weighted by atomic mass is 16.6. The van der Waals surface area contributed by atoms with Crippen LogP contribution in [0.1, 0.15) is 31.1 Å². The minimum Gasteiger partial charge on any atom is -0.456 e. The number of rotatable bonds is 5. The zero-order chi connectivity index (χ0) is 14.5. The second-order valence-corrected chi connectivity index (χ2v) is 5.15. The molecule has 1 aromatic heterocycles. The molecule has 106 valence electrons. The Hall–Kier alpha value is -1.66. The van der Waals surface area contributed by atoms with Gasteiger partial charge in [0.1, 0.15) is 11.4 Å². The summed E-state index contributed by atoms with van der Waals surface area (Å²) in [4.78, 5) is 15.8. The number of anilines is 1. The number of hydrogen-bond donors (Lipinski definition) is 3. The molecule has 3 N–H and O–H groups in total. The van der Waals surface area contributed by atoms with Gasteiger partial charge in [-0.1, -0.05) is 0 Å². The second kappa shape index (κ2) is 6.49. The number of ether oxygens (including phenoxy) is 1. The third-order valence-corrected chi connectivity index (χ3v) is 2.13. The normalized spacial score (nSPS) is 12.9. The molecule has 0 saturated carbocycles. The van der Waals surface area contributed by atoms with Gasteiger partial charge in [0.25, 0.3) is 0 Å². The lowest BCUT2D eigenvalue weighted by molar-refractivity contribution is 0.00691. The highest BCUT2D eigenvalue weighted by Gasteiger charge is 2.17. The molecule has 0 amide bonds. The number of aliphatic hydroxyl groups excluding tert-OH is 2. The summed E-state index contributed by atoms with van der Waals surface area (Å²) < 4.78 is 5.21. The van der Waals surface area contributed by atoms with E-state index in [1.807, 2.05) is 0 Å². The van der Waals surface area contributed by atoms with Gasteiger partial charge < -0.3 is 20.3 Å². The zero-order valence-corrected chi connectivity index (χ0v) is 11.4. The molecule has 6 nitrogen and oxygen atoms in total. The Morgan fingerprint density at radius 2 is 2.16 bits per heavy atom. The summed E-state index contributed by atoms with van der Waals surface area (Å²) in [5.41, 5.74) is -0.178. The van der Waals surface area contributed by atoms with E-state index in [0.717, 1.165) is 0 Å². The Morgan fingerprint density at radius 1 is 1.47 bits per heavy atom. The molecular formula is C13H20N2O4. The van der Waals surface area contributed by atoms with Crippen molar-refractivity contribution in [2.45, 2.75) is 32.5 Å². The average Bonchev–Trinajstić information content (AvgIpc) is 2.34. The number of nitrogens with one attached hydrogen (secondary N) is 1. The van der Waals surface area contributed by atoms with Crippen molar-refractivity contribution in [2.24, 2.45) is 0 Å². The molecule has 1 rings (SSSR count). The Labute approximate surface area is 112 Å². The summed E-state index contributed by atoms with van der Waals surface area (Å²) in [5.74, 6) is 0.0850. The minimum atomic E-state index is -0.840. The zero-order valence-electron chi connectivity index (χ0n) is 11.4. The van der Waals surface area contributed by atoms with E-state index in [1.54, 1.807) is 32.9 Å². The standard InChI is InChI=1S/C13H20N2O4/c1-13(2,3)19-12(18)9-4-5-11(14-6-9)15-7-10(17)8-16/h4-6,10,16-17H,7-8H2,1-3H3,(H,14,15). The van der Waals surface area contributed by atoms with Crippen molar-refractivity contribution in [2.75, 3.05) is 18.5 Å². The lowest BCUT2D eigenvalue weighted by Crippen LogP contribution is -2.24. The molecule has 19 heavy (non-hydrogen) atoms. The summed E-state index contributed by atoms with van der Waals surface area (Å²) in [5, 5.41) is 20.7. The molecule has 0 saturated heterocycles. The van der Waals surface area contributed by atoms with Crippen molar-refractivity contribution in [3.05, 3.63) is 23.9 Å². The number of nitrogens with zero attached hydrogens (tertiary/aromatic N) is 1. The van der Waals surface area contributed by atoms with E-state index in [2.05, 4.69) is 10.3 Å². The van der Waals surface area contributed by atoms with Gasteiger partial charge in [-0.2, -0.15) is 0 Å². The smallest absolute Gasteiger partial charge is 0.340 e. The number of aliphatic hydroxyl groups is 2. The fourth-order valence-electron chi connectivity index (χ4n) is 1.24. The van der Waals surface area contributed by atoms with Crippen molar-refractivity contribution in [3.8, 4) is 0 Å². The van der Waals surface area contributed by atoms with E-state index in [0.29, 0.717) is 11.4 Å². The highest BCUT2D eigenvalue weighted by molar-refractivity contribution is 5.89. The van der Waals surface area contributed by atoms with Gasteiger partial charge >= 0.3 is 5.97 Å². The van der Waals surface area contributed by atoms with Crippen LogP contribution in [-0.4, -0.2) is 46.0 Å². The number of aromatic nitrogens is 1. The molecule has 0 radical (unpaired) electrons. The van der Waals surface area contributed by atoms with Crippen LogP contribution in [0, 0.1) is 0 Å². The molecule has 0 aliphatic rings. The minimum absolute atomic E-state index is 0.190. The molecule has 0 aliphatic carbocycles. The number of esters is 1. The summed E-state index contributed by atoms with van der Waals surface area (Å²) in [7, 11) is 0. The van der Waals surface area contributed by atoms with Gasteiger partial charge in [-0.3, -0.25) is 0 Å². The average molecular weight is 268 g/mol. The Kier molecular flexibility index (Phi) is 5.26. The predicted molar refractivity (Wildman–Crippen MR) is 71.0 cm³/mol. The van der Waals surface area contributed by atoms with Crippen LogP contribution < -0.4 is 5.32 Å². The number of pyridine rings is 1. The van der Waals surface area contributed by atoms with Gasteiger partial charge in [-0.05, 0) is 32.9 Å². The largest absolute Gasteiger partial charge is 0.456 e. The first-order valence-electron chi connectivity index (χ1n) is 6.04. The van der Waals surface area contributed by atoms with Crippen LogP contribution in [0.5, 0.6) is 0 Å². The fraction of sp³-hybridized carbons (Fsp3) is 0.538. The molecule has 6 heteroatoms. The van der Waals surface area contributed by atoms with Crippen LogP contribution in [0.4, 0.5) is 5.82 Å². The lowest BCUT2D eigenvalue weighted by Gasteiger charge is -2.19.